The second-order valence-corrected chi connectivity index (χ2v) is 12.4. The molecule has 220 valence electrons. The fraction of sp³-hybridized carbons (Fsp3) is 0.406. The third-order valence-electron chi connectivity index (χ3n) is 7.24. The van der Waals surface area contributed by atoms with E-state index in [1.54, 1.807) is 57.7 Å². The van der Waals surface area contributed by atoms with Crippen molar-refractivity contribution in [1.82, 2.24) is 19.8 Å². The summed E-state index contributed by atoms with van der Waals surface area (Å²) in [7, 11) is 8.55. The molecule has 2 atom stereocenters. The van der Waals surface area contributed by atoms with Gasteiger partial charge in [-0.1, -0.05) is 54.6 Å². The topological polar surface area (TPSA) is 90.2 Å². The molecule has 0 fully saturated rings. The van der Waals surface area contributed by atoms with Crippen LogP contribution in [0.15, 0.2) is 72.1 Å². The highest BCUT2D eigenvalue weighted by molar-refractivity contribution is 7.09. The van der Waals surface area contributed by atoms with Crippen LogP contribution in [0.1, 0.15) is 30.7 Å². The lowest BCUT2D eigenvalue weighted by Gasteiger charge is -2.36. The summed E-state index contributed by atoms with van der Waals surface area (Å²) in [6, 6.07) is 16.4. The summed E-state index contributed by atoms with van der Waals surface area (Å²) in [6.07, 6.45) is 4.42. The monoisotopic (exact) mass is 577 g/mol. The molecular weight excluding hydrogens is 534 g/mol. The summed E-state index contributed by atoms with van der Waals surface area (Å²) >= 11 is 1.55. The van der Waals surface area contributed by atoms with Crippen molar-refractivity contribution in [2.75, 3.05) is 35.2 Å². The molecule has 3 amide bonds. The maximum absolute atomic E-state index is 14.3. The first kappa shape index (κ1) is 32.0. The summed E-state index contributed by atoms with van der Waals surface area (Å²) in [5.74, 6) is -0.806. The third kappa shape index (κ3) is 8.73. The Hall–Kier alpha value is -3.53. The van der Waals surface area contributed by atoms with E-state index in [1.807, 2.05) is 67.8 Å². The predicted octanol–water partition coefficient (Wildman–Crippen LogP) is 3.96. The highest BCUT2D eigenvalue weighted by Gasteiger charge is 2.36. The lowest BCUT2D eigenvalue weighted by atomic mass is 9.99. The van der Waals surface area contributed by atoms with E-state index >= 15 is 0 Å². The molecule has 3 rings (SSSR count). The second kappa shape index (κ2) is 13.9. The number of thiophene rings is 1. The van der Waals surface area contributed by atoms with Gasteiger partial charge in [-0.3, -0.25) is 19.4 Å². The molecule has 0 radical (unpaired) electrons. The number of rotatable bonds is 12. The lowest BCUT2D eigenvalue weighted by molar-refractivity contribution is -0.154. The Morgan fingerprint density at radius 1 is 0.854 bits per heavy atom. The predicted molar refractivity (Wildman–Crippen MR) is 167 cm³/mol. The van der Waals surface area contributed by atoms with Gasteiger partial charge in [0.2, 0.25) is 11.8 Å². The van der Waals surface area contributed by atoms with Crippen LogP contribution in [0, 0.1) is 0 Å². The fourth-order valence-corrected chi connectivity index (χ4v) is 5.27. The molecule has 8 nitrogen and oxygen atoms in total. The van der Waals surface area contributed by atoms with Gasteiger partial charge in [0.05, 0.1) is 0 Å². The number of fused-ring (bicyclic) bond motifs is 1. The number of nitrogens with two attached hydrogens (primary N) is 1. The van der Waals surface area contributed by atoms with E-state index in [9.17, 15) is 14.4 Å². The molecule has 1 aromatic heterocycles. The van der Waals surface area contributed by atoms with Gasteiger partial charge in [0, 0.05) is 58.5 Å². The van der Waals surface area contributed by atoms with E-state index in [0.29, 0.717) is 19.3 Å². The van der Waals surface area contributed by atoms with E-state index in [1.165, 1.54) is 20.9 Å². The molecule has 3 aromatic rings. The minimum absolute atomic E-state index is 0.206. The Morgan fingerprint density at radius 2 is 1.51 bits per heavy atom. The van der Waals surface area contributed by atoms with Gasteiger partial charge < -0.3 is 15.5 Å². The van der Waals surface area contributed by atoms with Crippen LogP contribution in [0.5, 0.6) is 0 Å². The number of likely N-dealkylation sites (N-methyl/N-ethyl adjacent to an activating group) is 3. The smallest absolute Gasteiger partial charge is 0.259 e. The Labute approximate surface area is 248 Å². The first-order valence-electron chi connectivity index (χ1n) is 13.7. The van der Waals surface area contributed by atoms with Crippen LogP contribution in [-0.4, -0.2) is 90.4 Å². The Bertz CT molecular complexity index is 1360. The Balaban J connectivity index is 1.97. The second-order valence-electron chi connectivity index (χ2n) is 11.4. The quantitative estimate of drug-likeness (QED) is 0.260. The molecule has 41 heavy (non-hydrogen) atoms. The van der Waals surface area contributed by atoms with E-state index < -0.39 is 17.6 Å². The number of hydrazine groups is 1. The minimum Gasteiger partial charge on any atom is -0.331 e. The van der Waals surface area contributed by atoms with Crippen LogP contribution >= 0.6 is 11.3 Å². The fourth-order valence-electron chi connectivity index (χ4n) is 4.52. The average molecular weight is 578 g/mol. The number of amides is 3. The highest BCUT2D eigenvalue weighted by Crippen LogP contribution is 2.21. The summed E-state index contributed by atoms with van der Waals surface area (Å²) in [5.41, 5.74) is 6.55. The first-order valence-corrected chi connectivity index (χ1v) is 14.6. The van der Waals surface area contributed by atoms with Crippen LogP contribution in [0.2, 0.25) is 0 Å². The van der Waals surface area contributed by atoms with Crippen molar-refractivity contribution in [3.05, 3.63) is 82.6 Å². The van der Waals surface area contributed by atoms with Crippen LogP contribution < -0.4 is 5.73 Å². The van der Waals surface area contributed by atoms with Gasteiger partial charge in [0.25, 0.3) is 5.91 Å². The van der Waals surface area contributed by atoms with Gasteiger partial charge in [0.1, 0.15) is 12.1 Å². The number of carbonyl (C=O) groups excluding carboxylic acids is 3. The zero-order valence-corrected chi connectivity index (χ0v) is 26.0. The maximum atomic E-state index is 14.3. The largest absolute Gasteiger partial charge is 0.331 e. The number of hydrogen-bond acceptors (Lipinski definition) is 6. The molecule has 0 bridgehead atoms. The molecule has 2 N–H and O–H groups in total. The van der Waals surface area contributed by atoms with Crippen molar-refractivity contribution < 1.29 is 14.4 Å². The van der Waals surface area contributed by atoms with Crippen LogP contribution in [0.25, 0.3) is 10.8 Å². The highest BCUT2D eigenvalue weighted by atomic mass is 32.1. The molecule has 0 spiro atoms. The van der Waals surface area contributed by atoms with Crippen molar-refractivity contribution >= 4 is 39.8 Å². The van der Waals surface area contributed by atoms with Gasteiger partial charge in [-0.25, -0.2) is 5.01 Å². The van der Waals surface area contributed by atoms with Crippen LogP contribution in [0.4, 0.5) is 0 Å². The molecule has 0 aliphatic carbocycles. The Morgan fingerprint density at radius 3 is 2.12 bits per heavy atom. The third-order valence-corrected chi connectivity index (χ3v) is 8.14. The van der Waals surface area contributed by atoms with E-state index in [4.69, 9.17) is 5.73 Å². The van der Waals surface area contributed by atoms with Gasteiger partial charge in [-0.05, 0) is 54.1 Å². The first-order chi connectivity index (χ1) is 19.3. The van der Waals surface area contributed by atoms with Crippen molar-refractivity contribution in [3.63, 3.8) is 0 Å². The van der Waals surface area contributed by atoms with Crippen LogP contribution in [-0.2, 0) is 27.2 Å². The molecule has 0 saturated heterocycles. The lowest BCUT2D eigenvalue weighted by Crippen LogP contribution is -2.57. The standard InChI is InChI=1S/C32H43N5O3S/c1-32(2,33)18-10-15-29(38)35(5)27(21-23-16-17-24-12-8-9-13-25(24)20-23)30(39)36(6)28(22-26-14-11-19-41-26)31(40)37(7)34(3)4/h8-17,19-20,27-28H,18,21-22,33H2,1-7H3/b15-10+/t27-,28-/m1/s1. The molecule has 9 heteroatoms. The van der Waals surface area contributed by atoms with Gasteiger partial charge in [-0.15, -0.1) is 11.3 Å². The zero-order chi connectivity index (χ0) is 30.3. The number of nitrogens with zero attached hydrogens (tertiary/aromatic N) is 4. The average Bonchev–Trinajstić information content (AvgIpc) is 3.45. The number of hydrogen-bond donors (Lipinski definition) is 1. The number of carbonyl (C=O) groups is 3. The maximum Gasteiger partial charge on any atom is 0.259 e. The summed E-state index contributed by atoms with van der Waals surface area (Å²) in [6.45, 7) is 3.78. The van der Waals surface area contributed by atoms with Crippen molar-refractivity contribution in [1.29, 1.82) is 0 Å². The van der Waals surface area contributed by atoms with Gasteiger partial charge in [-0.2, -0.15) is 0 Å². The van der Waals surface area contributed by atoms with E-state index in [-0.39, 0.29) is 17.7 Å². The minimum atomic E-state index is -0.826. The SMILES string of the molecule is CN(C(=O)/C=C/CC(C)(C)N)[C@H](Cc1ccc2ccccc2c1)C(=O)N(C)[C@H](Cc1cccs1)C(=O)N(C)N(C)C. The molecule has 0 unspecified atom stereocenters. The molecule has 1 heterocycles. The molecular formula is C32H43N5O3S. The zero-order valence-electron chi connectivity index (χ0n) is 25.2. The van der Waals surface area contributed by atoms with Crippen molar-refractivity contribution in [3.8, 4) is 0 Å². The van der Waals surface area contributed by atoms with Crippen molar-refractivity contribution in [2.45, 2.75) is 50.7 Å². The Kier molecular flexibility index (Phi) is 10.8. The van der Waals surface area contributed by atoms with E-state index in [2.05, 4.69) is 6.07 Å². The molecule has 0 aliphatic rings. The van der Waals surface area contributed by atoms with Gasteiger partial charge >= 0.3 is 0 Å². The summed E-state index contributed by atoms with van der Waals surface area (Å²) in [4.78, 5) is 45.2. The van der Waals surface area contributed by atoms with E-state index in [0.717, 1.165) is 21.2 Å². The van der Waals surface area contributed by atoms with Crippen molar-refractivity contribution in [2.24, 2.45) is 5.73 Å². The summed E-state index contributed by atoms with van der Waals surface area (Å²) < 4.78 is 0. The summed E-state index contributed by atoms with van der Waals surface area (Å²) in [5, 5.41) is 7.31. The molecule has 0 aliphatic heterocycles. The van der Waals surface area contributed by atoms with Crippen LogP contribution in [0.3, 0.4) is 0 Å². The number of benzene rings is 2. The van der Waals surface area contributed by atoms with Gasteiger partial charge in [0.15, 0.2) is 0 Å². The molecule has 0 saturated carbocycles. The molecule has 2 aromatic carbocycles. The normalized spacial score (nSPS) is 13.4.